The van der Waals surface area contributed by atoms with Crippen LogP contribution in [0.25, 0.3) is 0 Å². The Bertz CT molecular complexity index is 487. The van der Waals surface area contributed by atoms with Gasteiger partial charge < -0.3 is 10.2 Å². The number of nitrogens with one attached hydrogen (secondary N) is 1. The van der Waals surface area contributed by atoms with Gasteiger partial charge in [0.25, 0.3) is 0 Å². The number of piperidine rings is 1. The number of alkyl halides is 3. The molecule has 0 bridgehead atoms. The van der Waals surface area contributed by atoms with Crippen molar-refractivity contribution >= 4 is 0 Å². The van der Waals surface area contributed by atoms with Gasteiger partial charge in [-0.1, -0.05) is 6.07 Å². The summed E-state index contributed by atoms with van der Waals surface area (Å²) in [5.74, 6) is -1.22. The molecule has 1 N–H and O–H groups in total. The van der Waals surface area contributed by atoms with Gasteiger partial charge in [0.15, 0.2) is 0 Å². The molecule has 2 rings (SSSR count). The fourth-order valence-electron chi connectivity index (χ4n) is 2.64. The van der Waals surface area contributed by atoms with Crippen LogP contribution in [0.15, 0.2) is 18.2 Å². The van der Waals surface area contributed by atoms with Crippen molar-refractivity contribution in [1.29, 1.82) is 0 Å². The Kier molecular flexibility index (Phi) is 4.88. The summed E-state index contributed by atoms with van der Waals surface area (Å²) < 4.78 is 51.2. The van der Waals surface area contributed by atoms with E-state index in [2.05, 4.69) is 24.2 Å². The van der Waals surface area contributed by atoms with E-state index in [1.165, 1.54) is 6.07 Å². The lowest BCUT2D eigenvalue weighted by Crippen LogP contribution is -2.45. The summed E-state index contributed by atoms with van der Waals surface area (Å²) in [4.78, 5) is 2.26. The van der Waals surface area contributed by atoms with Gasteiger partial charge in [-0.15, -0.1) is 0 Å². The minimum Gasteiger partial charge on any atom is -0.310 e. The number of hydrogen-bond donors (Lipinski definition) is 1. The normalized spacial score (nSPS) is 24.3. The maximum absolute atomic E-state index is 13.2. The second kappa shape index (κ2) is 6.32. The first kappa shape index (κ1) is 16.2. The Balaban J connectivity index is 1.98. The van der Waals surface area contributed by atoms with Crippen molar-refractivity contribution in [3.05, 3.63) is 35.1 Å². The van der Waals surface area contributed by atoms with Crippen molar-refractivity contribution in [2.45, 2.75) is 44.6 Å². The van der Waals surface area contributed by atoms with Gasteiger partial charge >= 0.3 is 6.18 Å². The summed E-state index contributed by atoms with van der Waals surface area (Å²) in [6.07, 6.45) is -2.72. The van der Waals surface area contributed by atoms with Crippen LogP contribution >= 0.6 is 0 Å². The van der Waals surface area contributed by atoms with Crippen molar-refractivity contribution in [3.8, 4) is 0 Å². The Labute approximate surface area is 122 Å². The van der Waals surface area contributed by atoms with Crippen molar-refractivity contribution in [1.82, 2.24) is 10.2 Å². The summed E-state index contributed by atoms with van der Waals surface area (Å²) >= 11 is 0. The molecule has 0 amide bonds. The summed E-state index contributed by atoms with van der Waals surface area (Å²) in [5, 5.41) is 3.27. The van der Waals surface area contributed by atoms with E-state index in [0.717, 1.165) is 31.5 Å². The van der Waals surface area contributed by atoms with E-state index >= 15 is 0 Å². The molecule has 6 heteroatoms. The molecular weight excluding hydrogens is 284 g/mol. The van der Waals surface area contributed by atoms with Crippen LogP contribution in [0.3, 0.4) is 0 Å². The standard InChI is InChI=1S/C15H20F4N2/c1-10-7-12(5-6-21(10)2)20-9-11-3-4-14(16)13(8-11)15(17,18)19/h3-4,8,10,12,20H,5-7,9H2,1-2H3/t10-,12+/m1/s1. The van der Waals surface area contributed by atoms with Gasteiger partial charge in [-0.05, 0) is 51.1 Å². The van der Waals surface area contributed by atoms with Crippen LogP contribution < -0.4 is 5.32 Å². The molecule has 1 heterocycles. The molecule has 1 aromatic rings. The van der Waals surface area contributed by atoms with Gasteiger partial charge in [0.2, 0.25) is 0 Å². The van der Waals surface area contributed by atoms with Gasteiger partial charge in [0.05, 0.1) is 5.56 Å². The second-order valence-electron chi connectivity index (χ2n) is 5.74. The molecule has 21 heavy (non-hydrogen) atoms. The summed E-state index contributed by atoms with van der Waals surface area (Å²) in [7, 11) is 2.07. The Morgan fingerprint density at radius 3 is 2.67 bits per heavy atom. The number of likely N-dealkylation sites (tertiary alicyclic amines) is 1. The number of nitrogens with zero attached hydrogens (tertiary/aromatic N) is 1. The first-order valence-electron chi connectivity index (χ1n) is 7.06. The molecule has 0 radical (unpaired) electrons. The molecule has 1 saturated heterocycles. The molecule has 118 valence electrons. The lowest BCUT2D eigenvalue weighted by Gasteiger charge is -2.35. The van der Waals surface area contributed by atoms with Crippen LogP contribution in [0.5, 0.6) is 0 Å². The topological polar surface area (TPSA) is 15.3 Å². The van der Waals surface area contributed by atoms with Gasteiger partial charge in [-0.25, -0.2) is 4.39 Å². The zero-order valence-corrected chi connectivity index (χ0v) is 12.2. The minimum absolute atomic E-state index is 0.288. The smallest absolute Gasteiger partial charge is 0.310 e. The highest BCUT2D eigenvalue weighted by molar-refractivity contribution is 5.27. The van der Waals surface area contributed by atoms with Gasteiger partial charge in [0.1, 0.15) is 5.82 Å². The molecule has 1 fully saturated rings. The molecule has 1 aliphatic heterocycles. The molecule has 0 saturated carbocycles. The number of rotatable bonds is 3. The number of benzene rings is 1. The quantitative estimate of drug-likeness (QED) is 0.861. The number of hydrogen-bond acceptors (Lipinski definition) is 2. The SMILES string of the molecule is C[C@@H]1C[C@@H](NCc2ccc(F)c(C(F)(F)F)c2)CCN1C. The third kappa shape index (κ3) is 4.17. The Morgan fingerprint density at radius 2 is 2.05 bits per heavy atom. The van der Waals surface area contributed by atoms with Crippen LogP contribution in [0, 0.1) is 5.82 Å². The molecule has 1 aromatic carbocycles. The van der Waals surface area contributed by atoms with Gasteiger partial charge in [-0.2, -0.15) is 13.2 Å². The fourth-order valence-corrected chi connectivity index (χ4v) is 2.64. The van der Waals surface area contributed by atoms with Crippen LogP contribution in [0.2, 0.25) is 0 Å². The van der Waals surface area contributed by atoms with Crippen molar-refractivity contribution in [2.75, 3.05) is 13.6 Å². The molecule has 0 aromatic heterocycles. The van der Waals surface area contributed by atoms with Crippen molar-refractivity contribution in [2.24, 2.45) is 0 Å². The minimum atomic E-state index is -4.65. The number of halogens is 4. The van der Waals surface area contributed by atoms with E-state index in [-0.39, 0.29) is 6.04 Å². The maximum atomic E-state index is 13.2. The zero-order chi connectivity index (χ0) is 15.6. The van der Waals surface area contributed by atoms with E-state index in [1.54, 1.807) is 0 Å². The predicted molar refractivity (Wildman–Crippen MR) is 73.4 cm³/mol. The predicted octanol–water partition coefficient (Wildman–Crippen LogP) is 3.42. The molecule has 0 aliphatic carbocycles. The lowest BCUT2D eigenvalue weighted by atomic mass is 9.98. The van der Waals surface area contributed by atoms with Crippen LogP contribution in [0.4, 0.5) is 17.6 Å². The average Bonchev–Trinajstić information content (AvgIpc) is 2.40. The first-order chi connectivity index (χ1) is 9.77. The van der Waals surface area contributed by atoms with E-state index in [1.807, 2.05) is 0 Å². The summed E-state index contributed by atoms with van der Waals surface area (Å²) in [6, 6.07) is 3.92. The summed E-state index contributed by atoms with van der Waals surface area (Å²) in [5.41, 5.74) is -0.742. The highest BCUT2D eigenvalue weighted by Gasteiger charge is 2.34. The lowest BCUT2D eigenvalue weighted by molar-refractivity contribution is -0.140. The highest BCUT2D eigenvalue weighted by Crippen LogP contribution is 2.31. The maximum Gasteiger partial charge on any atom is 0.419 e. The first-order valence-corrected chi connectivity index (χ1v) is 7.06. The largest absolute Gasteiger partial charge is 0.419 e. The second-order valence-corrected chi connectivity index (χ2v) is 5.74. The Morgan fingerprint density at radius 1 is 1.33 bits per heavy atom. The van der Waals surface area contributed by atoms with E-state index in [4.69, 9.17) is 0 Å². The molecule has 0 spiro atoms. The van der Waals surface area contributed by atoms with Gasteiger partial charge in [0, 0.05) is 18.6 Å². The highest BCUT2D eigenvalue weighted by atomic mass is 19.4. The van der Waals surface area contributed by atoms with Crippen LogP contribution in [-0.2, 0) is 12.7 Å². The third-order valence-electron chi connectivity index (χ3n) is 4.14. The van der Waals surface area contributed by atoms with Gasteiger partial charge in [-0.3, -0.25) is 0 Å². The zero-order valence-electron chi connectivity index (χ0n) is 12.2. The molecule has 2 nitrogen and oxygen atoms in total. The summed E-state index contributed by atoms with van der Waals surface area (Å²) in [6.45, 7) is 3.42. The van der Waals surface area contributed by atoms with Crippen molar-refractivity contribution in [3.63, 3.8) is 0 Å². The molecule has 0 unspecified atom stereocenters. The van der Waals surface area contributed by atoms with Crippen molar-refractivity contribution < 1.29 is 17.6 Å². The van der Waals surface area contributed by atoms with Crippen LogP contribution in [0.1, 0.15) is 30.9 Å². The third-order valence-corrected chi connectivity index (χ3v) is 4.14. The Hall–Kier alpha value is -1.14. The van der Waals surface area contributed by atoms with E-state index in [9.17, 15) is 17.6 Å². The van der Waals surface area contributed by atoms with Crippen LogP contribution in [-0.4, -0.2) is 30.6 Å². The average molecular weight is 304 g/mol. The van der Waals surface area contributed by atoms with E-state index in [0.29, 0.717) is 18.2 Å². The van der Waals surface area contributed by atoms with E-state index < -0.39 is 17.6 Å². The molecule has 1 aliphatic rings. The molecule has 2 atom stereocenters. The monoisotopic (exact) mass is 304 g/mol. The fraction of sp³-hybridized carbons (Fsp3) is 0.600. The molecular formula is C15H20F4N2.